The van der Waals surface area contributed by atoms with E-state index in [0.29, 0.717) is 6.54 Å². The molecule has 2 aromatic rings. The Morgan fingerprint density at radius 1 is 1.07 bits per heavy atom. The van der Waals surface area contributed by atoms with Gasteiger partial charge in [-0.3, -0.25) is 19.5 Å². The molecule has 1 atom stereocenters. The van der Waals surface area contributed by atoms with E-state index in [2.05, 4.69) is 9.88 Å². The van der Waals surface area contributed by atoms with Gasteiger partial charge in [-0.2, -0.15) is 0 Å². The molecule has 0 radical (unpaired) electrons. The topological polar surface area (TPSA) is 56.8 Å². The third kappa shape index (κ3) is 4.04. The van der Waals surface area contributed by atoms with Gasteiger partial charge in [0.15, 0.2) is 0 Å². The quantitative estimate of drug-likeness (QED) is 0.810. The molecule has 4 rings (SSSR count). The van der Waals surface area contributed by atoms with Crippen LogP contribution in [-0.2, 0) is 11.3 Å². The Morgan fingerprint density at radius 2 is 1.85 bits per heavy atom. The predicted octanol–water partition coefficient (Wildman–Crippen LogP) is 2.09. The summed E-state index contributed by atoms with van der Waals surface area (Å²) in [6, 6.07) is 7.48. The van der Waals surface area contributed by atoms with Crippen LogP contribution in [-0.4, -0.2) is 70.3 Å². The standard InChI is InChI=1S/C20H24N4O2S/c25-19(17-3-1-9-24(17)20(26)18-4-2-14-27-18)23-12-10-22(11-13-23)15-16-5-7-21-8-6-16/h2,4-8,14,17H,1,3,9-13,15H2/t17-/m0/s1. The van der Waals surface area contributed by atoms with Crippen molar-refractivity contribution in [3.05, 3.63) is 52.5 Å². The van der Waals surface area contributed by atoms with Gasteiger partial charge in [-0.1, -0.05) is 6.07 Å². The van der Waals surface area contributed by atoms with Crippen molar-refractivity contribution in [1.82, 2.24) is 19.7 Å². The molecule has 4 heterocycles. The summed E-state index contributed by atoms with van der Waals surface area (Å²) in [5, 5.41) is 1.90. The third-order valence-corrected chi connectivity index (χ3v) is 6.23. The number of likely N-dealkylation sites (tertiary alicyclic amines) is 1. The van der Waals surface area contributed by atoms with Gasteiger partial charge in [0.1, 0.15) is 6.04 Å². The van der Waals surface area contributed by atoms with E-state index >= 15 is 0 Å². The summed E-state index contributed by atoms with van der Waals surface area (Å²) < 4.78 is 0. The van der Waals surface area contributed by atoms with E-state index < -0.39 is 0 Å². The second kappa shape index (κ2) is 8.19. The van der Waals surface area contributed by atoms with Crippen LogP contribution < -0.4 is 0 Å². The second-order valence-corrected chi connectivity index (χ2v) is 8.04. The largest absolute Gasteiger partial charge is 0.338 e. The van der Waals surface area contributed by atoms with Crippen LogP contribution in [0.2, 0.25) is 0 Å². The van der Waals surface area contributed by atoms with Crippen LogP contribution in [0.4, 0.5) is 0 Å². The molecule has 2 fully saturated rings. The van der Waals surface area contributed by atoms with Crippen molar-refractivity contribution in [2.75, 3.05) is 32.7 Å². The zero-order valence-electron chi connectivity index (χ0n) is 15.3. The molecular weight excluding hydrogens is 360 g/mol. The van der Waals surface area contributed by atoms with Crippen molar-refractivity contribution in [3.8, 4) is 0 Å². The van der Waals surface area contributed by atoms with E-state index in [0.717, 1.165) is 50.4 Å². The molecule has 142 valence electrons. The molecule has 2 aromatic heterocycles. The van der Waals surface area contributed by atoms with Gasteiger partial charge >= 0.3 is 0 Å². The highest BCUT2D eigenvalue weighted by Crippen LogP contribution is 2.24. The van der Waals surface area contributed by atoms with Crippen LogP contribution in [0.15, 0.2) is 42.0 Å². The normalized spacial score (nSPS) is 20.8. The van der Waals surface area contributed by atoms with Crippen LogP contribution in [0.3, 0.4) is 0 Å². The molecule has 0 unspecified atom stereocenters. The van der Waals surface area contributed by atoms with Gasteiger partial charge in [-0.05, 0) is 42.0 Å². The smallest absolute Gasteiger partial charge is 0.264 e. The number of pyridine rings is 1. The summed E-state index contributed by atoms with van der Waals surface area (Å²) in [4.78, 5) is 36.6. The molecule has 6 nitrogen and oxygen atoms in total. The van der Waals surface area contributed by atoms with Crippen LogP contribution in [0.5, 0.6) is 0 Å². The summed E-state index contributed by atoms with van der Waals surface area (Å²) in [5.41, 5.74) is 1.24. The molecule has 0 spiro atoms. The molecule has 7 heteroatoms. The monoisotopic (exact) mass is 384 g/mol. The molecule has 2 saturated heterocycles. The number of nitrogens with zero attached hydrogens (tertiary/aromatic N) is 4. The fraction of sp³-hybridized carbons (Fsp3) is 0.450. The first-order valence-electron chi connectivity index (χ1n) is 9.47. The maximum Gasteiger partial charge on any atom is 0.264 e. The Hall–Kier alpha value is -2.25. The van der Waals surface area contributed by atoms with Gasteiger partial charge in [-0.15, -0.1) is 11.3 Å². The molecule has 0 N–H and O–H groups in total. The predicted molar refractivity (Wildman–Crippen MR) is 104 cm³/mol. The number of thiophene rings is 1. The van der Waals surface area contributed by atoms with Crippen LogP contribution in [0, 0.1) is 0 Å². The lowest BCUT2D eigenvalue weighted by molar-refractivity contribution is -0.137. The molecular formula is C20H24N4O2S. The van der Waals surface area contributed by atoms with Crippen molar-refractivity contribution in [2.24, 2.45) is 0 Å². The highest BCUT2D eigenvalue weighted by atomic mass is 32.1. The summed E-state index contributed by atoms with van der Waals surface area (Å²) >= 11 is 1.44. The maximum absolute atomic E-state index is 13.1. The minimum atomic E-state index is -0.300. The van der Waals surface area contributed by atoms with E-state index in [-0.39, 0.29) is 17.9 Å². The highest BCUT2D eigenvalue weighted by Gasteiger charge is 2.37. The first kappa shape index (κ1) is 18.1. The number of aromatic nitrogens is 1. The molecule has 2 amide bonds. The lowest BCUT2D eigenvalue weighted by Gasteiger charge is -2.37. The van der Waals surface area contributed by atoms with Gasteiger partial charge in [-0.25, -0.2) is 0 Å². The number of carbonyl (C=O) groups is 2. The Bertz CT molecular complexity index is 773. The van der Waals surface area contributed by atoms with E-state index in [4.69, 9.17) is 0 Å². The number of rotatable bonds is 4. The van der Waals surface area contributed by atoms with E-state index in [1.54, 1.807) is 4.90 Å². The van der Waals surface area contributed by atoms with Gasteiger partial charge in [0.05, 0.1) is 4.88 Å². The van der Waals surface area contributed by atoms with Gasteiger partial charge in [0, 0.05) is 51.7 Å². The number of hydrogen-bond acceptors (Lipinski definition) is 5. The lowest BCUT2D eigenvalue weighted by Crippen LogP contribution is -2.54. The van der Waals surface area contributed by atoms with Gasteiger partial charge < -0.3 is 9.80 Å². The molecule has 0 bridgehead atoms. The Labute approximate surface area is 163 Å². The van der Waals surface area contributed by atoms with Crippen molar-refractivity contribution in [2.45, 2.75) is 25.4 Å². The fourth-order valence-corrected chi connectivity index (χ4v) is 4.57. The van der Waals surface area contributed by atoms with E-state index in [9.17, 15) is 9.59 Å². The number of hydrogen-bond donors (Lipinski definition) is 0. The number of amides is 2. The number of carbonyl (C=O) groups excluding carboxylic acids is 2. The van der Waals surface area contributed by atoms with Crippen molar-refractivity contribution in [3.63, 3.8) is 0 Å². The number of piperazine rings is 1. The summed E-state index contributed by atoms with van der Waals surface area (Å²) in [7, 11) is 0. The molecule has 0 aliphatic carbocycles. The molecule has 2 aliphatic rings. The second-order valence-electron chi connectivity index (χ2n) is 7.09. The van der Waals surface area contributed by atoms with Crippen molar-refractivity contribution in [1.29, 1.82) is 0 Å². The minimum Gasteiger partial charge on any atom is -0.338 e. The first-order chi connectivity index (χ1) is 13.2. The zero-order valence-corrected chi connectivity index (χ0v) is 16.1. The van der Waals surface area contributed by atoms with Crippen LogP contribution in [0.25, 0.3) is 0 Å². The van der Waals surface area contributed by atoms with Crippen molar-refractivity contribution >= 4 is 23.2 Å². The Balaban J connectivity index is 1.34. The molecule has 2 aliphatic heterocycles. The van der Waals surface area contributed by atoms with E-state index in [1.165, 1.54) is 16.9 Å². The Morgan fingerprint density at radius 3 is 2.56 bits per heavy atom. The van der Waals surface area contributed by atoms with Crippen molar-refractivity contribution < 1.29 is 9.59 Å². The minimum absolute atomic E-state index is 0.00262. The fourth-order valence-electron chi connectivity index (χ4n) is 3.89. The summed E-state index contributed by atoms with van der Waals surface area (Å²) in [6.07, 6.45) is 5.30. The lowest BCUT2D eigenvalue weighted by atomic mass is 10.1. The zero-order chi connectivity index (χ0) is 18.6. The summed E-state index contributed by atoms with van der Waals surface area (Å²) in [5.74, 6) is 0.109. The van der Waals surface area contributed by atoms with Gasteiger partial charge in [0.2, 0.25) is 5.91 Å². The molecule has 0 aromatic carbocycles. The SMILES string of the molecule is O=C([C@@H]1CCCN1C(=O)c1cccs1)N1CCN(Cc2ccncc2)CC1. The average molecular weight is 385 g/mol. The Kier molecular flexibility index (Phi) is 5.50. The van der Waals surface area contributed by atoms with Crippen LogP contribution >= 0.6 is 11.3 Å². The van der Waals surface area contributed by atoms with Gasteiger partial charge in [0.25, 0.3) is 5.91 Å². The maximum atomic E-state index is 13.1. The highest BCUT2D eigenvalue weighted by molar-refractivity contribution is 7.12. The summed E-state index contributed by atoms with van der Waals surface area (Å²) in [6.45, 7) is 4.73. The molecule has 0 saturated carbocycles. The first-order valence-corrected chi connectivity index (χ1v) is 10.3. The average Bonchev–Trinajstić information content (AvgIpc) is 3.40. The van der Waals surface area contributed by atoms with E-state index in [1.807, 2.05) is 46.9 Å². The van der Waals surface area contributed by atoms with Crippen LogP contribution in [0.1, 0.15) is 28.1 Å². The third-order valence-electron chi connectivity index (χ3n) is 5.37. The molecule has 27 heavy (non-hydrogen) atoms.